The fourth-order valence-corrected chi connectivity index (χ4v) is 1.39. The van der Waals surface area contributed by atoms with Crippen molar-refractivity contribution in [3.8, 4) is 5.75 Å². The van der Waals surface area contributed by atoms with Crippen LogP contribution in [0.2, 0.25) is 0 Å². The van der Waals surface area contributed by atoms with Crippen LogP contribution in [0, 0.1) is 0 Å². The predicted octanol–water partition coefficient (Wildman–Crippen LogP) is 2.18. The molecule has 6 nitrogen and oxygen atoms in total. The number of carboxylic acids is 1. The summed E-state index contributed by atoms with van der Waals surface area (Å²) >= 11 is 0. The van der Waals surface area contributed by atoms with Gasteiger partial charge in [0, 0.05) is 7.05 Å². The number of ether oxygens (including phenoxy) is 1. The van der Waals surface area contributed by atoms with E-state index >= 15 is 0 Å². The lowest BCUT2D eigenvalue weighted by atomic mass is 10.3. The normalized spacial score (nSPS) is 10.9. The summed E-state index contributed by atoms with van der Waals surface area (Å²) in [6.45, 7) is -2.04. The molecule has 2 amide bonds. The number of urea groups is 1. The fraction of sp³-hybridized carbons (Fsp3) is 0.333. The maximum Gasteiger partial charge on any atom is 0.406 e. The van der Waals surface area contributed by atoms with E-state index in [9.17, 15) is 22.8 Å². The van der Waals surface area contributed by atoms with Gasteiger partial charge >= 0.3 is 18.2 Å². The van der Waals surface area contributed by atoms with Gasteiger partial charge in [-0.15, -0.1) is 0 Å². The van der Waals surface area contributed by atoms with Gasteiger partial charge in [-0.2, -0.15) is 13.2 Å². The third kappa shape index (κ3) is 6.02. The van der Waals surface area contributed by atoms with Crippen LogP contribution in [0.4, 0.5) is 23.7 Å². The number of benzene rings is 1. The van der Waals surface area contributed by atoms with Crippen molar-refractivity contribution < 1.29 is 32.6 Å². The van der Waals surface area contributed by atoms with E-state index in [0.717, 1.165) is 7.05 Å². The molecule has 1 aromatic carbocycles. The minimum Gasteiger partial charge on any atom is -0.480 e. The number of halogens is 3. The molecule has 0 spiro atoms. The Kier molecular flexibility index (Phi) is 5.39. The van der Waals surface area contributed by atoms with Crippen LogP contribution in [0.1, 0.15) is 0 Å². The highest BCUT2D eigenvalue weighted by Gasteiger charge is 2.31. The highest BCUT2D eigenvalue weighted by Crippen LogP contribution is 2.24. The van der Waals surface area contributed by atoms with Crippen LogP contribution in [-0.2, 0) is 4.79 Å². The van der Waals surface area contributed by atoms with Gasteiger partial charge in [0.25, 0.3) is 0 Å². The van der Waals surface area contributed by atoms with E-state index in [1.165, 1.54) is 24.3 Å². The summed E-state index contributed by atoms with van der Waals surface area (Å²) in [7, 11) is 0.990. The van der Waals surface area contributed by atoms with Crippen LogP contribution in [0.25, 0.3) is 0 Å². The number of alkyl halides is 3. The lowest BCUT2D eigenvalue weighted by Gasteiger charge is -2.20. The summed E-state index contributed by atoms with van der Waals surface area (Å²) in [4.78, 5) is 22.5. The summed E-state index contributed by atoms with van der Waals surface area (Å²) in [5.41, 5.74) is 0.0813. The molecule has 0 aliphatic rings. The number of carbonyl (C=O) groups excluding carboxylic acids is 1. The minimum atomic E-state index is -4.51. The zero-order chi connectivity index (χ0) is 16.0. The molecular formula is C12H13F3N2O4. The topological polar surface area (TPSA) is 78.9 Å². The van der Waals surface area contributed by atoms with E-state index in [0.29, 0.717) is 4.90 Å². The number of carbonyl (C=O) groups is 2. The molecule has 0 aromatic heterocycles. The number of hydrogen-bond acceptors (Lipinski definition) is 3. The van der Waals surface area contributed by atoms with Crippen LogP contribution in [0.5, 0.6) is 5.75 Å². The molecule has 0 radical (unpaired) electrons. The number of carboxylic acid groups (broad SMARTS) is 1. The van der Waals surface area contributed by atoms with E-state index in [1.807, 2.05) is 0 Å². The van der Waals surface area contributed by atoms with Gasteiger partial charge in [0.2, 0.25) is 0 Å². The first-order valence-electron chi connectivity index (χ1n) is 5.71. The van der Waals surface area contributed by atoms with Crippen LogP contribution in [0.3, 0.4) is 0 Å². The Bertz CT molecular complexity index is 519. The summed E-state index contributed by atoms with van der Waals surface area (Å²) in [6.07, 6.45) is -4.51. The summed E-state index contributed by atoms with van der Waals surface area (Å²) in [5, 5.41) is 10.7. The van der Waals surface area contributed by atoms with Crippen molar-refractivity contribution in [2.75, 3.05) is 25.5 Å². The van der Waals surface area contributed by atoms with Gasteiger partial charge in [-0.05, 0) is 12.1 Å². The molecule has 0 bridgehead atoms. The van der Waals surface area contributed by atoms with Gasteiger partial charge < -0.3 is 20.1 Å². The molecule has 21 heavy (non-hydrogen) atoms. The minimum absolute atomic E-state index is 0.0497. The second-order valence-electron chi connectivity index (χ2n) is 4.08. The van der Waals surface area contributed by atoms with Gasteiger partial charge in [0.1, 0.15) is 12.3 Å². The number of anilines is 1. The van der Waals surface area contributed by atoms with E-state index in [-0.39, 0.29) is 11.4 Å². The first-order valence-corrected chi connectivity index (χ1v) is 5.71. The number of nitrogens with one attached hydrogen (secondary N) is 1. The van der Waals surface area contributed by atoms with E-state index < -0.39 is 31.3 Å². The number of hydrogen-bond donors (Lipinski definition) is 2. The highest BCUT2D eigenvalue weighted by molar-refractivity contribution is 5.90. The maximum absolute atomic E-state index is 12.2. The lowest BCUT2D eigenvalue weighted by molar-refractivity contribution is -0.139. The van der Waals surface area contributed by atoms with E-state index in [1.54, 1.807) is 0 Å². The molecule has 0 atom stereocenters. The SMILES string of the molecule is CN(CC(F)(F)F)C(=O)Nc1ccccc1OCC(=O)O. The second-order valence-corrected chi connectivity index (χ2v) is 4.08. The average Bonchev–Trinajstić information content (AvgIpc) is 2.35. The third-order valence-corrected chi connectivity index (χ3v) is 2.24. The number of aliphatic carboxylic acids is 1. The van der Waals surface area contributed by atoms with E-state index in [2.05, 4.69) is 5.32 Å². The quantitative estimate of drug-likeness (QED) is 0.874. The molecule has 0 aliphatic carbocycles. The lowest BCUT2D eigenvalue weighted by Crippen LogP contribution is -2.38. The largest absolute Gasteiger partial charge is 0.480 e. The van der Waals surface area contributed by atoms with Crippen molar-refractivity contribution in [3.63, 3.8) is 0 Å². The zero-order valence-electron chi connectivity index (χ0n) is 11.0. The molecule has 1 aromatic rings. The Hall–Kier alpha value is -2.45. The number of amides is 2. The molecule has 9 heteroatoms. The van der Waals surface area contributed by atoms with Crippen LogP contribution >= 0.6 is 0 Å². The molecule has 2 N–H and O–H groups in total. The van der Waals surface area contributed by atoms with Gasteiger partial charge in [-0.25, -0.2) is 9.59 Å². The molecule has 0 saturated heterocycles. The summed E-state index contributed by atoms with van der Waals surface area (Å²) in [6, 6.07) is 4.84. The average molecular weight is 306 g/mol. The van der Waals surface area contributed by atoms with Crippen molar-refractivity contribution >= 4 is 17.7 Å². The Morgan fingerprint density at radius 3 is 2.52 bits per heavy atom. The van der Waals surface area contributed by atoms with Crippen LogP contribution < -0.4 is 10.1 Å². The molecule has 0 unspecified atom stereocenters. The highest BCUT2D eigenvalue weighted by atomic mass is 19.4. The van der Waals surface area contributed by atoms with Gasteiger partial charge in [-0.1, -0.05) is 12.1 Å². The zero-order valence-corrected chi connectivity index (χ0v) is 11.0. The summed E-state index contributed by atoms with van der Waals surface area (Å²) < 4.78 is 41.5. The van der Waals surface area contributed by atoms with Gasteiger partial charge in [-0.3, -0.25) is 0 Å². The molecular weight excluding hydrogens is 293 g/mol. The molecule has 0 aliphatic heterocycles. The number of para-hydroxylation sites is 2. The molecule has 0 fully saturated rings. The van der Waals surface area contributed by atoms with Gasteiger partial charge in [0.15, 0.2) is 6.61 Å². The van der Waals surface area contributed by atoms with Gasteiger partial charge in [0.05, 0.1) is 5.69 Å². The second kappa shape index (κ2) is 6.82. The number of rotatable bonds is 5. The first-order chi connectivity index (χ1) is 9.69. The van der Waals surface area contributed by atoms with Crippen molar-refractivity contribution in [1.29, 1.82) is 0 Å². The summed E-state index contributed by atoms with van der Waals surface area (Å²) in [5.74, 6) is -1.17. The molecule has 0 saturated carbocycles. The molecule has 1 rings (SSSR count). The number of nitrogens with zero attached hydrogens (tertiary/aromatic N) is 1. The fourth-order valence-electron chi connectivity index (χ4n) is 1.39. The Morgan fingerprint density at radius 1 is 1.33 bits per heavy atom. The molecule has 116 valence electrons. The Labute approximate surface area is 118 Å². The Balaban J connectivity index is 2.73. The van der Waals surface area contributed by atoms with Crippen LogP contribution in [0.15, 0.2) is 24.3 Å². The standard InChI is InChI=1S/C12H13F3N2O4/c1-17(7-12(13,14)15)11(20)16-8-4-2-3-5-9(8)21-6-10(18)19/h2-5H,6-7H2,1H3,(H,16,20)(H,18,19). The smallest absolute Gasteiger partial charge is 0.406 e. The maximum atomic E-state index is 12.2. The predicted molar refractivity (Wildman–Crippen MR) is 67.3 cm³/mol. The van der Waals surface area contributed by atoms with Crippen molar-refractivity contribution in [2.24, 2.45) is 0 Å². The van der Waals surface area contributed by atoms with E-state index in [4.69, 9.17) is 9.84 Å². The van der Waals surface area contributed by atoms with Crippen LogP contribution in [-0.4, -0.2) is 48.4 Å². The van der Waals surface area contributed by atoms with Crippen molar-refractivity contribution in [2.45, 2.75) is 6.18 Å². The first kappa shape index (κ1) is 16.6. The van der Waals surface area contributed by atoms with Crippen molar-refractivity contribution in [1.82, 2.24) is 4.90 Å². The Morgan fingerprint density at radius 2 is 1.95 bits per heavy atom. The van der Waals surface area contributed by atoms with Crippen molar-refractivity contribution in [3.05, 3.63) is 24.3 Å². The third-order valence-electron chi connectivity index (χ3n) is 2.24. The molecule has 0 heterocycles. The monoisotopic (exact) mass is 306 g/mol.